The molecule has 1 aromatic carbocycles. The molecular weight excluding hydrogens is 268 g/mol. The molecule has 98 valence electrons. The van der Waals surface area contributed by atoms with Crippen molar-refractivity contribution >= 4 is 29.2 Å². The van der Waals surface area contributed by atoms with Crippen LogP contribution in [-0.2, 0) is 9.53 Å². The monoisotopic (exact) mass is 278 g/mol. The number of ether oxygens (including phenoxy) is 1. The Balaban J connectivity index is 1.83. The molecule has 2 rings (SSSR count). The van der Waals surface area contributed by atoms with Gasteiger partial charge in [-0.2, -0.15) is 0 Å². The molecule has 0 radical (unpaired) electrons. The Hall–Kier alpha value is -2.27. The van der Waals surface area contributed by atoms with Crippen LogP contribution in [0.15, 0.2) is 42.6 Å². The maximum atomic E-state index is 11.6. The fraction of sp³-hybridized carbons (Fsp3) is 0.0769. The van der Waals surface area contributed by atoms with Gasteiger partial charge in [0.25, 0.3) is 5.91 Å². The van der Waals surface area contributed by atoms with Gasteiger partial charge in [0.2, 0.25) is 0 Å². The zero-order valence-corrected chi connectivity index (χ0v) is 10.6. The molecule has 2 aromatic rings. The number of hydrogen-bond acceptors (Lipinski definition) is 3. The summed E-state index contributed by atoms with van der Waals surface area (Å²) in [5.74, 6) is -1.01. The SMILES string of the molecule is O=C(COC(=O)c1ccc[nH]1)Nc1cccc(Cl)c1. The molecule has 1 heterocycles. The van der Waals surface area contributed by atoms with Crippen molar-refractivity contribution in [1.82, 2.24) is 4.98 Å². The summed E-state index contributed by atoms with van der Waals surface area (Å²) in [6.45, 7) is -0.357. The number of aromatic amines is 1. The van der Waals surface area contributed by atoms with Crippen LogP contribution in [0.5, 0.6) is 0 Å². The predicted octanol–water partition coefficient (Wildman–Crippen LogP) is 2.46. The summed E-state index contributed by atoms with van der Waals surface area (Å²) >= 11 is 5.78. The number of benzene rings is 1. The Kier molecular flexibility index (Phi) is 4.20. The first kappa shape index (κ1) is 13.2. The van der Waals surface area contributed by atoms with Gasteiger partial charge in [0.05, 0.1) is 0 Å². The highest BCUT2D eigenvalue weighted by atomic mass is 35.5. The van der Waals surface area contributed by atoms with E-state index in [9.17, 15) is 9.59 Å². The van der Waals surface area contributed by atoms with E-state index in [2.05, 4.69) is 10.3 Å². The van der Waals surface area contributed by atoms with Crippen molar-refractivity contribution in [1.29, 1.82) is 0 Å². The first-order valence-corrected chi connectivity index (χ1v) is 5.89. The van der Waals surface area contributed by atoms with Gasteiger partial charge in [-0.1, -0.05) is 17.7 Å². The van der Waals surface area contributed by atoms with Gasteiger partial charge in [-0.3, -0.25) is 4.79 Å². The number of esters is 1. The van der Waals surface area contributed by atoms with Gasteiger partial charge in [0, 0.05) is 16.9 Å². The van der Waals surface area contributed by atoms with Crippen molar-refractivity contribution < 1.29 is 14.3 Å². The Bertz CT molecular complexity index is 581. The molecular formula is C13H11ClN2O3. The normalized spacial score (nSPS) is 9.95. The number of aromatic nitrogens is 1. The van der Waals surface area contributed by atoms with E-state index in [1.165, 1.54) is 0 Å². The lowest BCUT2D eigenvalue weighted by atomic mass is 10.3. The van der Waals surface area contributed by atoms with Crippen LogP contribution >= 0.6 is 11.6 Å². The fourth-order valence-corrected chi connectivity index (χ4v) is 1.62. The van der Waals surface area contributed by atoms with E-state index in [1.54, 1.807) is 42.6 Å². The van der Waals surface area contributed by atoms with E-state index in [0.29, 0.717) is 16.4 Å². The molecule has 1 amide bonds. The second-order valence-electron chi connectivity index (χ2n) is 3.72. The number of amides is 1. The number of halogens is 1. The van der Waals surface area contributed by atoms with Crippen molar-refractivity contribution in [3.8, 4) is 0 Å². The van der Waals surface area contributed by atoms with Crippen molar-refractivity contribution in [2.75, 3.05) is 11.9 Å². The molecule has 0 fully saturated rings. The van der Waals surface area contributed by atoms with E-state index in [0.717, 1.165) is 0 Å². The molecule has 0 saturated carbocycles. The van der Waals surface area contributed by atoms with Crippen LogP contribution in [0.1, 0.15) is 10.5 Å². The van der Waals surface area contributed by atoms with Crippen LogP contribution in [-0.4, -0.2) is 23.5 Å². The van der Waals surface area contributed by atoms with Crippen molar-refractivity contribution in [2.24, 2.45) is 0 Å². The van der Waals surface area contributed by atoms with E-state index in [4.69, 9.17) is 16.3 Å². The minimum Gasteiger partial charge on any atom is -0.451 e. The largest absolute Gasteiger partial charge is 0.451 e. The van der Waals surface area contributed by atoms with E-state index in [-0.39, 0.29) is 6.61 Å². The van der Waals surface area contributed by atoms with Crippen LogP contribution in [0.3, 0.4) is 0 Å². The van der Waals surface area contributed by atoms with Crippen molar-refractivity contribution in [2.45, 2.75) is 0 Å². The molecule has 2 N–H and O–H groups in total. The Morgan fingerprint density at radius 2 is 2.11 bits per heavy atom. The number of nitrogens with one attached hydrogen (secondary N) is 2. The topological polar surface area (TPSA) is 71.2 Å². The van der Waals surface area contributed by atoms with Gasteiger partial charge >= 0.3 is 5.97 Å². The maximum absolute atomic E-state index is 11.6. The average molecular weight is 279 g/mol. The average Bonchev–Trinajstić information content (AvgIpc) is 2.90. The predicted molar refractivity (Wildman–Crippen MR) is 71.2 cm³/mol. The number of rotatable bonds is 4. The van der Waals surface area contributed by atoms with Crippen molar-refractivity contribution in [3.63, 3.8) is 0 Å². The summed E-state index contributed by atoms with van der Waals surface area (Å²) in [5.41, 5.74) is 0.851. The standard InChI is InChI=1S/C13H11ClN2O3/c14-9-3-1-4-10(7-9)16-12(17)8-19-13(18)11-5-2-6-15-11/h1-7,15H,8H2,(H,16,17). The summed E-state index contributed by atoms with van der Waals surface area (Å²) in [6, 6.07) is 9.94. The van der Waals surface area contributed by atoms with Crippen LogP contribution in [0.4, 0.5) is 5.69 Å². The first-order chi connectivity index (χ1) is 9.15. The second-order valence-corrected chi connectivity index (χ2v) is 4.15. The molecule has 1 aromatic heterocycles. The molecule has 6 heteroatoms. The number of carbonyl (C=O) groups is 2. The number of hydrogen-bond donors (Lipinski definition) is 2. The second kappa shape index (κ2) is 6.06. The molecule has 0 aliphatic rings. The zero-order valence-electron chi connectivity index (χ0n) is 9.85. The summed E-state index contributed by atoms with van der Waals surface area (Å²) in [4.78, 5) is 25.7. The van der Waals surface area contributed by atoms with Gasteiger partial charge in [0.1, 0.15) is 5.69 Å². The smallest absolute Gasteiger partial charge is 0.355 e. The quantitative estimate of drug-likeness (QED) is 0.844. The Labute approximate surface area is 114 Å². The van der Waals surface area contributed by atoms with E-state index >= 15 is 0 Å². The number of H-pyrrole nitrogens is 1. The third-order valence-electron chi connectivity index (χ3n) is 2.26. The van der Waals surface area contributed by atoms with Crippen LogP contribution in [0.25, 0.3) is 0 Å². The Morgan fingerprint density at radius 3 is 2.79 bits per heavy atom. The molecule has 0 aliphatic heterocycles. The zero-order chi connectivity index (χ0) is 13.7. The molecule has 0 atom stereocenters. The molecule has 0 bridgehead atoms. The number of anilines is 1. The Morgan fingerprint density at radius 1 is 1.26 bits per heavy atom. The molecule has 19 heavy (non-hydrogen) atoms. The highest BCUT2D eigenvalue weighted by Gasteiger charge is 2.10. The third-order valence-corrected chi connectivity index (χ3v) is 2.50. The molecule has 0 unspecified atom stereocenters. The summed E-state index contributed by atoms with van der Waals surface area (Å²) in [7, 11) is 0. The molecule has 0 saturated heterocycles. The maximum Gasteiger partial charge on any atom is 0.355 e. The summed E-state index contributed by atoms with van der Waals surface area (Å²) in [6.07, 6.45) is 1.60. The van der Waals surface area contributed by atoms with Gasteiger partial charge in [0.15, 0.2) is 6.61 Å². The van der Waals surface area contributed by atoms with Gasteiger partial charge in [-0.25, -0.2) is 4.79 Å². The van der Waals surface area contributed by atoms with Gasteiger partial charge < -0.3 is 15.0 Å². The van der Waals surface area contributed by atoms with E-state index in [1.807, 2.05) is 0 Å². The van der Waals surface area contributed by atoms with E-state index < -0.39 is 11.9 Å². The molecule has 0 spiro atoms. The van der Waals surface area contributed by atoms with Crippen LogP contribution in [0.2, 0.25) is 5.02 Å². The van der Waals surface area contributed by atoms with Crippen molar-refractivity contribution in [3.05, 3.63) is 53.3 Å². The van der Waals surface area contributed by atoms with Crippen LogP contribution < -0.4 is 5.32 Å². The highest BCUT2D eigenvalue weighted by Crippen LogP contribution is 2.14. The fourth-order valence-electron chi connectivity index (χ4n) is 1.43. The highest BCUT2D eigenvalue weighted by molar-refractivity contribution is 6.30. The summed E-state index contributed by atoms with van der Waals surface area (Å²) < 4.78 is 4.84. The minimum atomic E-state index is -0.578. The molecule has 5 nitrogen and oxygen atoms in total. The first-order valence-electron chi connectivity index (χ1n) is 5.51. The lowest BCUT2D eigenvalue weighted by Crippen LogP contribution is -2.21. The minimum absolute atomic E-state index is 0.301. The molecule has 0 aliphatic carbocycles. The lowest BCUT2D eigenvalue weighted by molar-refractivity contribution is -0.119. The van der Waals surface area contributed by atoms with Gasteiger partial charge in [-0.05, 0) is 30.3 Å². The lowest BCUT2D eigenvalue weighted by Gasteiger charge is -2.06. The third kappa shape index (κ3) is 3.86. The van der Waals surface area contributed by atoms with Crippen LogP contribution in [0, 0.1) is 0 Å². The van der Waals surface area contributed by atoms with Gasteiger partial charge in [-0.15, -0.1) is 0 Å². The number of carbonyl (C=O) groups excluding carboxylic acids is 2. The summed E-state index contributed by atoms with van der Waals surface area (Å²) in [5, 5.41) is 3.09.